The summed E-state index contributed by atoms with van der Waals surface area (Å²) in [7, 11) is 0. The molecule has 1 aliphatic carbocycles. The summed E-state index contributed by atoms with van der Waals surface area (Å²) >= 11 is 0. The summed E-state index contributed by atoms with van der Waals surface area (Å²) in [5.74, 6) is 6.57. The predicted molar refractivity (Wildman–Crippen MR) is 85.5 cm³/mol. The Kier molecular flexibility index (Phi) is 6.02. The zero-order valence-corrected chi connectivity index (χ0v) is 12.9. The van der Waals surface area contributed by atoms with E-state index >= 15 is 0 Å². The lowest BCUT2D eigenvalue weighted by atomic mass is 9.79. The Morgan fingerprint density at radius 2 is 2.05 bits per heavy atom. The van der Waals surface area contributed by atoms with Gasteiger partial charge in [0.15, 0.2) is 0 Å². The summed E-state index contributed by atoms with van der Waals surface area (Å²) in [6.45, 7) is 7.73. The van der Waals surface area contributed by atoms with Gasteiger partial charge in [-0.15, -0.1) is 0 Å². The third kappa shape index (κ3) is 3.81. The van der Waals surface area contributed by atoms with E-state index in [1.807, 2.05) is 0 Å². The molecule has 2 rings (SSSR count). The molecule has 3 nitrogen and oxygen atoms in total. The molecule has 1 unspecified atom stereocenters. The van der Waals surface area contributed by atoms with Gasteiger partial charge in [-0.05, 0) is 55.9 Å². The monoisotopic (exact) mass is 275 g/mol. The molecule has 1 atom stereocenters. The van der Waals surface area contributed by atoms with Crippen molar-refractivity contribution in [1.29, 1.82) is 0 Å². The molecule has 0 saturated heterocycles. The lowest BCUT2D eigenvalue weighted by molar-refractivity contribution is 0.282. The standard InChI is InChI=1S/C17H29N3/c1-3-20(4-2)12-11-17(19-18)16-10-6-9-15(13-16)14-7-5-8-14/h6,9-10,13-14,17,19H,3-5,7-8,11-12,18H2,1-2H3. The van der Waals surface area contributed by atoms with Crippen molar-refractivity contribution in [2.24, 2.45) is 5.84 Å². The smallest absolute Gasteiger partial charge is 0.0472 e. The molecule has 0 aromatic heterocycles. The Morgan fingerprint density at radius 3 is 2.60 bits per heavy atom. The molecule has 0 amide bonds. The summed E-state index contributed by atoms with van der Waals surface area (Å²) in [6.07, 6.45) is 5.15. The van der Waals surface area contributed by atoms with Gasteiger partial charge in [0, 0.05) is 6.04 Å². The van der Waals surface area contributed by atoms with E-state index in [0.29, 0.717) is 0 Å². The molecule has 1 aliphatic rings. The predicted octanol–water partition coefficient (Wildman–Crippen LogP) is 3.19. The molecule has 20 heavy (non-hydrogen) atoms. The molecular formula is C17H29N3. The van der Waals surface area contributed by atoms with E-state index in [2.05, 4.69) is 48.4 Å². The SMILES string of the molecule is CCN(CC)CCC(NN)c1cccc(C2CCC2)c1. The Labute approximate surface area is 123 Å². The summed E-state index contributed by atoms with van der Waals surface area (Å²) < 4.78 is 0. The fourth-order valence-corrected chi connectivity index (χ4v) is 2.97. The van der Waals surface area contributed by atoms with Crippen LogP contribution in [0.15, 0.2) is 24.3 Å². The first-order chi connectivity index (χ1) is 9.78. The van der Waals surface area contributed by atoms with Gasteiger partial charge in [-0.25, -0.2) is 0 Å². The second kappa shape index (κ2) is 7.77. The van der Waals surface area contributed by atoms with Crippen LogP contribution < -0.4 is 11.3 Å². The van der Waals surface area contributed by atoms with Crippen LogP contribution in [-0.4, -0.2) is 24.5 Å². The van der Waals surface area contributed by atoms with Gasteiger partial charge in [0.2, 0.25) is 0 Å². The Balaban J connectivity index is 1.99. The molecule has 0 aliphatic heterocycles. The Morgan fingerprint density at radius 1 is 1.30 bits per heavy atom. The molecule has 0 heterocycles. The van der Waals surface area contributed by atoms with E-state index in [1.165, 1.54) is 30.4 Å². The molecule has 1 aromatic rings. The van der Waals surface area contributed by atoms with E-state index < -0.39 is 0 Å². The number of nitrogens with zero attached hydrogens (tertiary/aromatic N) is 1. The fraction of sp³-hybridized carbons (Fsp3) is 0.647. The summed E-state index contributed by atoms with van der Waals surface area (Å²) in [6, 6.07) is 9.28. The maximum absolute atomic E-state index is 5.78. The molecule has 3 N–H and O–H groups in total. The molecular weight excluding hydrogens is 246 g/mol. The number of hydrazine groups is 1. The largest absolute Gasteiger partial charge is 0.304 e. The minimum Gasteiger partial charge on any atom is -0.304 e. The normalized spacial score (nSPS) is 17.2. The molecule has 0 spiro atoms. The highest BCUT2D eigenvalue weighted by molar-refractivity contribution is 5.29. The van der Waals surface area contributed by atoms with Gasteiger partial charge in [-0.2, -0.15) is 0 Å². The highest BCUT2D eigenvalue weighted by Gasteiger charge is 2.20. The minimum atomic E-state index is 0.260. The number of nitrogens with two attached hydrogens (primary N) is 1. The quantitative estimate of drug-likeness (QED) is 0.565. The van der Waals surface area contributed by atoms with Crippen molar-refractivity contribution in [2.75, 3.05) is 19.6 Å². The summed E-state index contributed by atoms with van der Waals surface area (Å²) in [5, 5.41) is 0. The maximum Gasteiger partial charge on any atom is 0.0472 e. The van der Waals surface area contributed by atoms with Gasteiger partial charge >= 0.3 is 0 Å². The van der Waals surface area contributed by atoms with Crippen LogP contribution in [0.5, 0.6) is 0 Å². The van der Waals surface area contributed by atoms with Crippen molar-refractivity contribution in [3.63, 3.8) is 0 Å². The molecule has 1 fully saturated rings. The van der Waals surface area contributed by atoms with Crippen molar-refractivity contribution >= 4 is 0 Å². The molecule has 112 valence electrons. The number of rotatable bonds is 8. The molecule has 0 bridgehead atoms. The minimum absolute atomic E-state index is 0.260. The van der Waals surface area contributed by atoms with Crippen molar-refractivity contribution in [1.82, 2.24) is 10.3 Å². The van der Waals surface area contributed by atoms with Crippen molar-refractivity contribution in [2.45, 2.75) is 51.5 Å². The van der Waals surface area contributed by atoms with E-state index in [-0.39, 0.29) is 6.04 Å². The van der Waals surface area contributed by atoms with E-state index in [0.717, 1.165) is 32.0 Å². The van der Waals surface area contributed by atoms with Crippen LogP contribution >= 0.6 is 0 Å². The van der Waals surface area contributed by atoms with E-state index in [4.69, 9.17) is 5.84 Å². The second-order valence-electron chi connectivity index (χ2n) is 5.83. The van der Waals surface area contributed by atoms with Gasteiger partial charge in [0.1, 0.15) is 0 Å². The molecule has 0 radical (unpaired) electrons. The van der Waals surface area contributed by atoms with Gasteiger partial charge in [-0.3, -0.25) is 11.3 Å². The van der Waals surface area contributed by atoms with Crippen molar-refractivity contribution in [3.05, 3.63) is 35.4 Å². The molecule has 3 heteroatoms. The van der Waals surface area contributed by atoms with Crippen LogP contribution in [-0.2, 0) is 0 Å². The first-order valence-electron chi connectivity index (χ1n) is 8.06. The van der Waals surface area contributed by atoms with Crippen LogP contribution in [0.4, 0.5) is 0 Å². The van der Waals surface area contributed by atoms with Crippen LogP contribution in [0.2, 0.25) is 0 Å². The first kappa shape index (κ1) is 15.5. The average Bonchev–Trinajstić information content (AvgIpc) is 2.42. The van der Waals surface area contributed by atoms with Gasteiger partial charge < -0.3 is 4.90 Å². The number of hydrogen-bond donors (Lipinski definition) is 2. The number of hydrogen-bond acceptors (Lipinski definition) is 3. The van der Waals surface area contributed by atoms with Crippen LogP contribution in [0.1, 0.15) is 62.6 Å². The maximum atomic E-state index is 5.78. The zero-order chi connectivity index (χ0) is 14.4. The van der Waals surface area contributed by atoms with Gasteiger partial charge in [-0.1, -0.05) is 44.5 Å². The first-order valence-corrected chi connectivity index (χ1v) is 8.06. The van der Waals surface area contributed by atoms with Gasteiger partial charge in [0.05, 0.1) is 0 Å². The Hall–Kier alpha value is -0.900. The van der Waals surface area contributed by atoms with Gasteiger partial charge in [0.25, 0.3) is 0 Å². The van der Waals surface area contributed by atoms with E-state index in [9.17, 15) is 0 Å². The number of nitrogens with one attached hydrogen (secondary N) is 1. The van der Waals surface area contributed by atoms with Crippen LogP contribution in [0.3, 0.4) is 0 Å². The highest BCUT2D eigenvalue weighted by atomic mass is 15.2. The van der Waals surface area contributed by atoms with Crippen molar-refractivity contribution in [3.8, 4) is 0 Å². The summed E-state index contributed by atoms with van der Waals surface area (Å²) in [5.41, 5.74) is 5.83. The second-order valence-corrected chi connectivity index (χ2v) is 5.83. The zero-order valence-electron chi connectivity index (χ0n) is 12.9. The summed E-state index contributed by atoms with van der Waals surface area (Å²) in [4.78, 5) is 2.44. The third-order valence-electron chi connectivity index (χ3n) is 4.72. The number of benzene rings is 1. The third-order valence-corrected chi connectivity index (χ3v) is 4.72. The fourth-order valence-electron chi connectivity index (χ4n) is 2.97. The lowest BCUT2D eigenvalue weighted by Gasteiger charge is -2.27. The lowest BCUT2D eigenvalue weighted by Crippen LogP contribution is -2.32. The average molecular weight is 275 g/mol. The van der Waals surface area contributed by atoms with E-state index in [1.54, 1.807) is 0 Å². The molecule has 1 aromatic carbocycles. The van der Waals surface area contributed by atoms with Crippen molar-refractivity contribution < 1.29 is 0 Å². The highest BCUT2D eigenvalue weighted by Crippen LogP contribution is 2.37. The van der Waals surface area contributed by atoms with Crippen LogP contribution in [0.25, 0.3) is 0 Å². The topological polar surface area (TPSA) is 41.3 Å². The molecule has 1 saturated carbocycles. The Bertz CT molecular complexity index is 397. The van der Waals surface area contributed by atoms with Crippen LogP contribution in [0, 0.1) is 0 Å².